The molecule has 9 nitrogen and oxygen atoms in total. The van der Waals surface area contributed by atoms with Gasteiger partial charge in [-0.3, -0.25) is 14.6 Å². The van der Waals surface area contributed by atoms with Crippen molar-refractivity contribution in [3.05, 3.63) is 82.8 Å². The number of furan rings is 1. The minimum absolute atomic E-state index is 0.100. The van der Waals surface area contributed by atoms with Gasteiger partial charge in [-0.15, -0.1) is 0 Å². The monoisotopic (exact) mass is 628 g/mol. The highest BCUT2D eigenvalue weighted by molar-refractivity contribution is 6.32. The Morgan fingerprint density at radius 3 is 2.60 bits per heavy atom. The number of pyridine rings is 1. The molecule has 2 aliphatic rings. The maximum absolute atomic E-state index is 14.0. The van der Waals surface area contributed by atoms with Crippen LogP contribution in [0.4, 0.5) is 11.4 Å². The van der Waals surface area contributed by atoms with Crippen LogP contribution in [-0.2, 0) is 4.79 Å². The molecule has 2 aromatic carbocycles. The molecule has 0 spiro atoms. The van der Waals surface area contributed by atoms with Crippen LogP contribution in [0.2, 0.25) is 5.02 Å². The molecule has 0 radical (unpaired) electrons. The number of likely N-dealkylation sites (N-methyl/N-ethyl adjacent to an activating group) is 2. The molecule has 0 unspecified atom stereocenters. The van der Waals surface area contributed by atoms with Crippen molar-refractivity contribution in [2.75, 3.05) is 64.2 Å². The van der Waals surface area contributed by atoms with Crippen LogP contribution in [0, 0.1) is 6.92 Å². The van der Waals surface area contributed by atoms with E-state index < -0.39 is 0 Å². The minimum atomic E-state index is -0.179. The van der Waals surface area contributed by atoms with E-state index in [1.165, 1.54) is 18.9 Å². The van der Waals surface area contributed by atoms with Gasteiger partial charge in [0.1, 0.15) is 28.4 Å². The van der Waals surface area contributed by atoms with Gasteiger partial charge in [-0.25, -0.2) is 0 Å². The Hall–Kier alpha value is -4.34. The average molecular weight is 629 g/mol. The number of para-hydroxylation sites is 2. The molecule has 4 aromatic rings. The highest BCUT2D eigenvalue weighted by Crippen LogP contribution is 2.42. The Balaban J connectivity index is 1.23. The smallest absolute Gasteiger partial charge is 0.263 e. The van der Waals surface area contributed by atoms with E-state index in [9.17, 15) is 9.59 Å². The summed E-state index contributed by atoms with van der Waals surface area (Å²) < 4.78 is 13.1. The molecule has 0 bridgehead atoms. The van der Waals surface area contributed by atoms with Crippen molar-refractivity contribution in [3.8, 4) is 11.5 Å². The number of halogens is 1. The first-order chi connectivity index (χ1) is 21.5. The van der Waals surface area contributed by atoms with Crippen molar-refractivity contribution in [2.24, 2.45) is 0 Å². The van der Waals surface area contributed by atoms with Crippen LogP contribution < -0.4 is 14.5 Å². The fourth-order valence-corrected chi connectivity index (χ4v) is 5.76. The summed E-state index contributed by atoms with van der Waals surface area (Å²) in [5, 5.41) is 1.13. The van der Waals surface area contributed by atoms with E-state index in [0.29, 0.717) is 52.6 Å². The molecule has 45 heavy (non-hydrogen) atoms. The second-order valence-corrected chi connectivity index (χ2v) is 13.2. The van der Waals surface area contributed by atoms with Crippen molar-refractivity contribution in [1.29, 1.82) is 0 Å². The van der Waals surface area contributed by atoms with Gasteiger partial charge < -0.3 is 28.3 Å². The molecule has 1 fully saturated rings. The lowest BCUT2D eigenvalue weighted by atomic mass is 10.1. The van der Waals surface area contributed by atoms with Crippen LogP contribution in [0.3, 0.4) is 0 Å². The van der Waals surface area contributed by atoms with Crippen molar-refractivity contribution in [3.63, 3.8) is 0 Å². The lowest BCUT2D eigenvalue weighted by molar-refractivity contribution is -0.869. The molecule has 0 N–H and O–H groups in total. The van der Waals surface area contributed by atoms with E-state index in [0.717, 1.165) is 39.9 Å². The predicted molar refractivity (Wildman–Crippen MR) is 178 cm³/mol. The predicted octanol–water partition coefficient (Wildman–Crippen LogP) is 6.39. The van der Waals surface area contributed by atoms with Gasteiger partial charge in [-0.05, 0) is 50.1 Å². The molecule has 6 rings (SSSR count). The molecule has 1 aliphatic carbocycles. The zero-order valence-electron chi connectivity index (χ0n) is 26.4. The number of hydrogen-bond donors (Lipinski definition) is 0. The summed E-state index contributed by atoms with van der Waals surface area (Å²) in [7, 11) is 8.08. The van der Waals surface area contributed by atoms with Gasteiger partial charge in [0, 0.05) is 61.7 Å². The number of quaternary nitrogens is 1. The number of ether oxygens (including phenoxy) is 1. The average Bonchev–Trinajstić information content (AvgIpc) is 3.82. The van der Waals surface area contributed by atoms with E-state index in [1.54, 1.807) is 48.6 Å². The van der Waals surface area contributed by atoms with Crippen molar-refractivity contribution >= 4 is 51.8 Å². The van der Waals surface area contributed by atoms with Crippen molar-refractivity contribution < 1.29 is 23.2 Å². The highest BCUT2D eigenvalue weighted by atomic mass is 35.5. The number of rotatable bonds is 9. The van der Waals surface area contributed by atoms with Gasteiger partial charge in [-0.1, -0.05) is 23.7 Å². The Kier molecular flexibility index (Phi) is 8.33. The molecular formula is C35H39ClN5O4+. The summed E-state index contributed by atoms with van der Waals surface area (Å²) in [5.74, 6) is 1.04. The van der Waals surface area contributed by atoms with Crippen LogP contribution in [-0.4, -0.2) is 86.6 Å². The lowest BCUT2D eigenvalue weighted by Gasteiger charge is -2.38. The Labute approximate surface area is 268 Å². The van der Waals surface area contributed by atoms with Crippen LogP contribution in [0.5, 0.6) is 11.5 Å². The number of benzene rings is 2. The third kappa shape index (κ3) is 6.55. The van der Waals surface area contributed by atoms with Gasteiger partial charge in [0.15, 0.2) is 0 Å². The molecular weight excluding hydrogens is 590 g/mol. The van der Waals surface area contributed by atoms with E-state index in [4.69, 9.17) is 20.8 Å². The molecule has 10 heteroatoms. The van der Waals surface area contributed by atoms with Crippen LogP contribution in [0.15, 0.2) is 65.4 Å². The zero-order valence-corrected chi connectivity index (χ0v) is 27.2. The number of aryl methyl sites for hydroxylation is 1. The number of nitrogens with zero attached hydrogens (tertiary/aromatic N) is 5. The van der Waals surface area contributed by atoms with E-state index in [2.05, 4.69) is 37.1 Å². The third-order valence-corrected chi connectivity index (χ3v) is 8.69. The lowest BCUT2D eigenvalue weighted by Crippen LogP contribution is -2.45. The van der Waals surface area contributed by atoms with Gasteiger partial charge in [-0.2, -0.15) is 0 Å². The summed E-state index contributed by atoms with van der Waals surface area (Å²) in [5.41, 5.74) is 3.75. The fraction of sp³-hybridized carbons (Fsp3) is 0.343. The number of carbonyl (C=O) groups excluding carboxylic acids is 2. The maximum atomic E-state index is 14.0. The molecule has 2 aromatic heterocycles. The van der Waals surface area contributed by atoms with Gasteiger partial charge >= 0.3 is 0 Å². The number of carbonyl (C=O) groups is 2. The fourth-order valence-electron chi connectivity index (χ4n) is 5.57. The van der Waals surface area contributed by atoms with Gasteiger partial charge in [0.2, 0.25) is 5.91 Å². The SMILES string of the molecule is Cc1c(/C=C/C(=O)N(C)CC[N+](C)(C)C)oc2cc(Cl)c(Oc3ccncc3C(=O)N3CCN(C4CC4)c4ccccc43)cc12. The summed E-state index contributed by atoms with van der Waals surface area (Å²) in [6.07, 6.45) is 8.73. The third-order valence-electron chi connectivity index (χ3n) is 8.40. The molecule has 1 saturated carbocycles. The topological polar surface area (TPSA) is 79.1 Å². The Morgan fingerprint density at radius 1 is 1.11 bits per heavy atom. The molecule has 1 aliphatic heterocycles. The molecule has 234 valence electrons. The second kappa shape index (κ2) is 12.2. The van der Waals surface area contributed by atoms with E-state index in [1.807, 2.05) is 30.0 Å². The molecule has 0 atom stereocenters. The summed E-state index contributed by atoms with van der Waals surface area (Å²) in [4.78, 5) is 36.8. The summed E-state index contributed by atoms with van der Waals surface area (Å²) in [6.45, 7) is 4.77. The first kappa shape index (κ1) is 30.7. The molecule has 2 amide bonds. The number of anilines is 2. The number of hydrogen-bond acceptors (Lipinski definition) is 6. The van der Waals surface area contributed by atoms with Crippen molar-refractivity contribution in [2.45, 2.75) is 25.8 Å². The first-order valence-corrected chi connectivity index (χ1v) is 15.6. The Bertz CT molecular complexity index is 1790. The summed E-state index contributed by atoms with van der Waals surface area (Å²) in [6, 6.07) is 13.8. The number of fused-ring (bicyclic) bond motifs is 2. The minimum Gasteiger partial charge on any atom is -0.456 e. The summed E-state index contributed by atoms with van der Waals surface area (Å²) >= 11 is 6.67. The zero-order chi connectivity index (χ0) is 31.9. The van der Waals surface area contributed by atoms with Gasteiger partial charge in [0.05, 0.1) is 50.6 Å². The van der Waals surface area contributed by atoms with Crippen LogP contribution in [0.25, 0.3) is 17.0 Å². The van der Waals surface area contributed by atoms with Crippen LogP contribution in [0.1, 0.15) is 34.5 Å². The van der Waals surface area contributed by atoms with Crippen LogP contribution >= 0.6 is 11.6 Å². The van der Waals surface area contributed by atoms with Gasteiger partial charge in [0.25, 0.3) is 5.91 Å². The van der Waals surface area contributed by atoms with Crippen molar-refractivity contribution in [1.82, 2.24) is 9.88 Å². The highest BCUT2D eigenvalue weighted by Gasteiger charge is 2.36. The normalized spacial score (nSPS) is 15.1. The molecule has 0 saturated heterocycles. The quantitative estimate of drug-likeness (QED) is 0.158. The standard InChI is InChI=1S/C35H39ClN5O4/c1-23-25-20-33(27(36)21-32(25)44-30(23)12-13-34(42)38(2)18-19-41(3,4)5)45-31-14-15-37-22-26(31)35(43)40-17-16-39(24-10-11-24)28-8-6-7-9-29(28)40/h6-9,12-15,20-22,24H,10-11,16-19H2,1-5H3/q+1/b13-12+. The second-order valence-electron chi connectivity index (χ2n) is 12.8. The largest absolute Gasteiger partial charge is 0.456 e. The number of amides is 2. The number of aromatic nitrogens is 1. The van der Waals surface area contributed by atoms with E-state index >= 15 is 0 Å². The Morgan fingerprint density at radius 2 is 1.87 bits per heavy atom. The van der Waals surface area contributed by atoms with E-state index in [-0.39, 0.29) is 11.8 Å². The molecule has 3 heterocycles. The maximum Gasteiger partial charge on any atom is 0.263 e. The first-order valence-electron chi connectivity index (χ1n) is 15.3.